The number of hydrogen-bond donors (Lipinski definition) is 2. The van der Waals surface area contributed by atoms with Crippen LogP contribution in [-0.4, -0.2) is 25.0 Å². The molecule has 76 valence electrons. The largest absolute Gasteiger partial charge is 0.355 e. The van der Waals surface area contributed by atoms with Crippen LogP contribution in [0.1, 0.15) is 33.1 Å². The summed E-state index contributed by atoms with van der Waals surface area (Å²) in [4.78, 5) is 10.6. The molecular weight excluding hydrogens is 164 g/mol. The van der Waals surface area contributed by atoms with E-state index in [0.29, 0.717) is 6.04 Å². The van der Waals surface area contributed by atoms with Crippen molar-refractivity contribution in [2.24, 2.45) is 5.92 Å². The van der Waals surface area contributed by atoms with Crippen LogP contribution in [0, 0.1) is 5.92 Å². The van der Waals surface area contributed by atoms with Crippen molar-refractivity contribution in [1.82, 2.24) is 10.6 Å². The van der Waals surface area contributed by atoms with Crippen LogP contribution in [0.5, 0.6) is 0 Å². The van der Waals surface area contributed by atoms with E-state index in [4.69, 9.17) is 0 Å². The first-order valence-electron chi connectivity index (χ1n) is 5.18. The highest BCUT2D eigenvalue weighted by molar-refractivity contribution is 5.72. The molecule has 1 aliphatic rings. The highest BCUT2D eigenvalue weighted by Gasteiger charge is 2.22. The lowest BCUT2D eigenvalue weighted by molar-refractivity contribution is -0.118. The fraction of sp³-hybridized carbons (Fsp3) is 0.900. The van der Waals surface area contributed by atoms with Crippen LogP contribution in [0.15, 0.2) is 0 Å². The van der Waals surface area contributed by atoms with Crippen molar-refractivity contribution >= 4 is 5.91 Å². The first-order chi connectivity index (χ1) is 6.20. The highest BCUT2D eigenvalue weighted by Crippen LogP contribution is 2.29. The van der Waals surface area contributed by atoms with Crippen molar-refractivity contribution in [2.45, 2.75) is 39.2 Å². The summed E-state index contributed by atoms with van der Waals surface area (Å²) in [6.07, 6.45) is 4.13. The Morgan fingerprint density at radius 3 is 2.62 bits per heavy atom. The van der Waals surface area contributed by atoms with Gasteiger partial charge in [-0.15, -0.1) is 0 Å². The molecule has 0 aromatic carbocycles. The van der Waals surface area contributed by atoms with Gasteiger partial charge in [0.25, 0.3) is 0 Å². The minimum absolute atomic E-state index is 0.0538. The molecule has 1 saturated carbocycles. The molecule has 1 aliphatic carbocycles. The van der Waals surface area contributed by atoms with Gasteiger partial charge in [0.2, 0.25) is 5.91 Å². The fourth-order valence-corrected chi connectivity index (χ4v) is 1.64. The second-order valence-corrected chi connectivity index (χ2v) is 3.92. The van der Waals surface area contributed by atoms with Gasteiger partial charge in [-0.25, -0.2) is 0 Å². The van der Waals surface area contributed by atoms with Crippen molar-refractivity contribution in [3.8, 4) is 0 Å². The van der Waals surface area contributed by atoms with E-state index >= 15 is 0 Å². The number of nitrogens with one attached hydrogen (secondary N) is 2. The number of hydrogen-bond acceptors (Lipinski definition) is 2. The fourth-order valence-electron chi connectivity index (χ4n) is 1.64. The molecule has 1 fully saturated rings. The van der Waals surface area contributed by atoms with Crippen LogP contribution in [0.4, 0.5) is 0 Å². The summed E-state index contributed by atoms with van der Waals surface area (Å²) in [5.41, 5.74) is 0. The van der Waals surface area contributed by atoms with Crippen LogP contribution in [-0.2, 0) is 4.79 Å². The summed E-state index contributed by atoms with van der Waals surface area (Å²) in [6.45, 7) is 5.41. The first-order valence-corrected chi connectivity index (χ1v) is 5.18. The van der Waals surface area contributed by atoms with Gasteiger partial charge in [-0.05, 0) is 25.7 Å². The summed E-state index contributed by atoms with van der Waals surface area (Å²) in [7, 11) is 0. The van der Waals surface area contributed by atoms with Crippen LogP contribution in [0.3, 0.4) is 0 Å². The molecule has 0 saturated heterocycles. The summed E-state index contributed by atoms with van der Waals surface area (Å²) >= 11 is 0. The van der Waals surface area contributed by atoms with E-state index in [0.717, 1.165) is 19.0 Å². The maximum Gasteiger partial charge on any atom is 0.216 e. The summed E-state index contributed by atoms with van der Waals surface area (Å²) in [5, 5.41) is 6.20. The van der Waals surface area contributed by atoms with E-state index in [1.165, 1.54) is 19.3 Å². The van der Waals surface area contributed by atoms with Crippen molar-refractivity contribution in [1.29, 1.82) is 0 Å². The Bertz CT molecular complexity index is 166. The van der Waals surface area contributed by atoms with E-state index in [-0.39, 0.29) is 5.91 Å². The first kappa shape index (κ1) is 10.5. The Balaban J connectivity index is 1.95. The van der Waals surface area contributed by atoms with Crippen LogP contribution in [0.25, 0.3) is 0 Å². The third-order valence-corrected chi connectivity index (χ3v) is 2.82. The molecular formula is C10H20N2O. The smallest absolute Gasteiger partial charge is 0.216 e. The topological polar surface area (TPSA) is 41.1 Å². The maximum absolute atomic E-state index is 10.6. The van der Waals surface area contributed by atoms with E-state index < -0.39 is 0 Å². The van der Waals surface area contributed by atoms with Gasteiger partial charge in [-0.2, -0.15) is 0 Å². The van der Waals surface area contributed by atoms with Crippen LogP contribution < -0.4 is 10.6 Å². The molecule has 0 bridgehead atoms. The maximum atomic E-state index is 10.6. The normalized spacial score (nSPS) is 19.2. The number of carbonyl (C=O) groups excluding carboxylic acids is 1. The zero-order chi connectivity index (χ0) is 9.68. The Kier molecular flexibility index (Phi) is 4.22. The summed E-state index contributed by atoms with van der Waals surface area (Å²) in [6, 6.07) is 0.613. The second-order valence-electron chi connectivity index (χ2n) is 3.92. The summed E-state index contributed by atoms with van der Waals surface area (Å²) in [5.74, 6) is 0.926. The Morgan fingerprint density at radius 2 is 2.15 bits per heavy atom. The molecule has 1 amide bonds. The van der Waals surface area contributed by atoms with E-state index in [1.807, 2.05) is 0 Å². The lowest BCUT2D eigenvalue weighted by Gasteiger charge is -2.32. The number of amides is 1. The third kappa shape index (κ3) is 3.77. The molecule has 1 unspecified atom stereocenters. The standard InChI is InChI=1S/C10H20N2O/c1-8(10-4-3-5-10)11-6-7-12-9(2)13/h8,10-11H,3-7H2,1-2H3,(H,12,13). The molecule has 1 atom stereocenters. The predicted molar refractivity (Wildman–Crippen MR) is 53.5 cm³/mol. The lowest BCUT2D eigenvalue weighted by atomic mass is 9.80. The average Bonchev–Trinajstić information content (AvgIpc) is 1.94. The van der Waals surface area contributed by atoms with Gasteiger partial charge in [0.15, 0.2) is 0 Å². The van der Waals surface area contributed by atoms with Gasteiger partial charge in [-0.3, -0.25) is 4.79 Å². The Hall–Kier alpha value is -0.570. The van der Waals surface area contributed by atoms with Gasteiger partial charge in [0, 0.05) is 26.1 Å². The lowest BCUT2D eigenvalue weighted by Crippen LogP contribution is -2.40. The van der Waals surface area contributed by atoms with Crippen molar-refractivity contribution in [3.63, 3.8) is 0 Å². The zero-order valence-corrected chi connectivity index (χ0v) is 8.60. The SMILES string of the molecule is CC(=O)NCCNC(C)C1CCC1. The molecule has 2 N–H and O–H groups in total. The van der Waals surface area contributed by atoms with Gasteiger partial charge < -0.3 is 10.6 Å². The molecule has 13 heavy (non-hydrogen) atoms. The third-order valence-electron chi connectivity index (χ3n) is 2.82. The zero-order valence-electron chi connectivity index (χ0n) is 8.60. The van der Waals surface area contributed by atoms with E-state index in [2.05, 4.69) is 17.6 Å². The van der Waals surface area contributed by atoms with Crippen LogP contribution >= 0.6 is 0 Å². The van der Waals surface area contributed by atoms with Crippen molar-refractivity contribution in [2.75, 3.05) is 13.1 Å². The van der Waals surface area contributed by atoms with E-state index in [1.54, 1.807) is 6.92 Å². The van der Waals surface area contributed by atoms with Gasteiger partial charge in [0.1, 0.15) is 0 Å². The van der Waals surface area contributed by atoms with Gasteiger partial charge >= 0.3 is 0 Å². The molecule has 0 aromatic heterocycles. The average molecular weight is 184 g/mol. The summed E-state index contributed by atoms with van der Waals surface area (Å²) < 4.78 is 0. The minimum Gasteiger partial charge on any atom is -0.355 e. The minimum atomic E-state index is 0.0538. The van der Waals surface area contributed by atoms with Gasteiger partial charge in [-0.1, -0.05) is 6.42 Å². The molecule has 1 rings (SSSR count). The molecule has 0 heterocycles. The molecule has 3 nitrogen and oxygen atoms in total. The molecule has 0 aliphatic heterocycles. The molecule has 3 heteroatoms. The quantitative estimate of drug-likeness (QED) is 0.623. The van der Waals surface area contributed by atoms with Crippen molar-refractivity contribution < 1.29 is 4.79 Å². The number of rotatable bonds is 5. The molecule has 0 spiro atoms. The van der Waals surface area contributed by atoms with Crippen molar-refractivity contribution in [3.05, 3.63) is 0 Å². The Labute approximate surface area is 80.3 Å². The number of carbonyl (C=O) groups is 1. The highest BCUT2D eigenvalue weighted by atomic mass is 16.1. The van der Waals surface area contributed by atoms with Gasteiger partial charge in [0.05, 0.1) is 0 Å². The Morgan fingerprint density at radius 1 is 1.46 bits per heavy atom. The molecule has 0 radical (unpaired) electrons. The second kappa shape index (κ2) is 5.22. The van der Waals surface area contributed by atoms with Crippen LogP contribution in [0.2, 0.25) is 0 Å². The predicted octanol–water partition coefficient (Wildman–Crippen LogP) is 0.901. The molecule has 0 aromatic rings. The monoisotopic (exact) mass is 184 g/mol. The van der Waals surface area contributed by atoms with E-state index in [9.17, 15) is 4.79 Å².